The number of pyridine rings is 1. The number of hydrogen-bond acceptors (Lipinski definition) is 2. The molecule has 0 aliphatic heterocycles. The van der Waals surface area contributed by atoms with Crippen LogP contribution < -0.4 is 5.32 Å². The van der Waals surface area contributed by atoms with E-state index in [9.17, 15) is 4.79 Å². The molecule has 1 N–H and O–H groups in total. The smallest absolute Gasteiger partial charge is 0.217 e. The van der Waals surface area contributed by atoms with E-state index in [1.807, 2.05) is 30.5 Å². The fourth-order valence-corrected chi connectivity index (χ4v) is 1.99. The topological polar surface area (TPSA) is 42.0 Å². The van der Waals surface area contributed by atoms with E-state index in [4.69, 9.17) is 0 Å². The SMILES string of the molecule is CCc1ccccc1-c1ccc(CNC(C)=O)cn1. The van der Waals surface area contributed by atoms with Crippen molar-refractivity contribution in [2.24, 2.45) is 0 Å². The summed E-state index contributed by atoms with van der Waals surface area (Å²) in [6.07, 6.45) is 2.81. The fraction of sp³-hybridized carbons (Fsp3) is 0.250. The molecular formula is C16H18N2O. The van der Waals surface area contributed by atoms with Gasteiger partial charge in [0, 0.05) is 25.2 Å². The third kappa shape index (κ3) is 3.41. The zero-order valence-electron chi connectivity index (χ0n) is 11.3. The van der Waals surface area contributed by atoms with Crippen molar-refractivity contribution in [2.75, 3.05) is 0 Å². The number of carbonyl (C=O) groups is 1. The predicted molar refractivity (Wildman–Crippen MR) is 76.6 cm³/mol. The van der Waals surface area contributed by atoms with Crippen LogP contribution in [0.5, 0.6) is 0 Å². The second-order valence-electron chi connectivity index (χ2n) is 4.47. The van der Waals surface area contributed by atoms with Crippen molar-refractivity contribution < 1.29 is 4.79 Å². The summed E-state index contributed by atoms with van der Waals surface area (Å²) in [4.78, 5) is 15.3. The molecule has 0 aliphatic carbocycles. The van der Waals surface area contributed by atoms with E-state index in [1.165, 1.54) is 18.1 Å². The third-order valence-electron chi connectivity index (χ3n) is 3.04. The van der Waals surface area contributed by atoms with Crippen LogP contribution in [-0.4, -0.2) is 10.9 Å². The molecule has 0 spiro atoms. The molecule has 0 aliphatic rings. The van der Waals surface area contributed by atoms with Crippen molar-refractivity contribution in [3.8, 4) is 11.3 Å². The van der Waals surface area contributed by atoms with E-state index in [0.29, 0.717) is 6.54 Å². The van der Waals surface area contributed by atoms with E-state index in [1.54, 1.807) is 0 Å². The molecule has 1 aromatic heterocycles. The van der Waals surface area contributed by atoms with Gasteiger partial charge in [0.05, 0.1) is 5.69 Å². The van der Waals surface area contributed by atoms with Gasteiger partial charge in [-0.25, -0.2) is 0 Å². The number of nitrogens with one attached hydrogen (secondary N) is 1. The monoisotopic (exact) mass is 254 g/mol. The molecule has 19 heavy (non-hydrogen) atoms. The van der Waals surface area contributed by atoms with Gasteiger partial charge in [0.2, 0.25) is 5.91 Å². The lowest BCUT2D eigenvalue weighted by atomic mass is 10.0. The Bertz CT molecular complexity index is 561. The van der Waals surface area contributed by atoms with E-state index < -0.39 is 0 Å². The first-order valence-corrected chi connectivity index (χ1v) is 6.48. The second-order valence-corrected chi connectivity index (χ2v) is 4.47. The van der Waals surface area contributed by atoms with Crippen molar-refractivity contribution in [3.63, 3.8) is 0 Å². The standard InChI is InChI=1S/C16H18N2O/c1-3-14-6-4-5-7-15(14)16-9-8-13(11-18-16)10-17-12(2)19/h4-9,11H,3,10H2,1-2H3,(H,17,19). The third-order valence-corrected chi connectivity index (χ3v) is 3.04. The molecule has 2 aromatic rings. The number of amides is 1. The largest absolute Gasteiger partial charge is 0.352 e. The van der Waals surface area contributed by atoms with Gasteiger partial charge in [0.15, 0.2) is 0 Å². The van der Waals surface area contributed by atoms with Gasteiger partial charge in [-0.15, -0.1) is 0 Å². The molecule has 0 saturated carbocycles. The molecule has 0 unspecified atom stereocenters. The number of carbonyl (C=O) groups excluding carboxylic acids is 1. The number of hydrogen-bond donors (Lipinski definition) is 1. The van der Waals surface area contributed by atoms with Gasteiger partial charge in [-0.1, -0.05) is 37.3 Å². The number of benzene rings is 1. The van der Waals surface area contributed by atoms with Crippen LogP contribution in [0.1, 0.15) is 25.0 Å². The molecule has 0 saturated heterocycles. The highest BCUT2D eigenvalue weighted by atomic mass is 16.1. The fourth-order valence-electron chi connectivity index (χ4n) is 1.99. The highest BCUT2D eigenvalue weighted by Crippen LogP contribution is 2.22. The zero-order valence-corrected chi connectivity index (χ0v) is 11.3. The van der Waals surface area contributed by atoms with E-state index >= 15 is 0 Å². The molecule has 0 bridgehead atoms. The molecule has 0 atom stereocenters. The quantitative estimate of drug-likeness (QED) is 0.911. The summed E-state index contributed by atoms with van der Waals surface area (Å²) in [7, 11) is 0. The number of nitrogens with zero attached hydrogens (tertiary/aromatic N) is 1. The lowest BCUT2D eigenvalue weighted by Gasteiger charge is -2.08. The van der Waals surface area contributed by atoms with Gasteiger partial charge in [-0.2, -0.15) is 0 Å². The number of aromatic nitrogens is 1. The summed E-state index contributed by atoms with van der Waals surface area (Å²) in [6.45, 7) is 4.18. The molecule has 0 fully saturated rings. The minimum atomic E-state index is -0.0274. The molecule has 3 heteroatoms. The molecule has 1 amide bonds. The molecule has 2 rings (SSSR count). The van der Waals surface area contributed by atoms with Crippen LogP contribution in [0, 0.1) is 0 Å². The molecular weight excluding hydrogens is 236 g/mol. The van der Waals surface area contributed by atoms with Crippen LogP contribution in [0.3, 0.4) is 0 Å². The first-order valence-electron chi connectivity index (χ1n) is 6.48. The Kier molecular flexibility index (Phi) is 4.29. The van der Waals surface area contributed by atoms with Crippen molar-refractivity contribution in [1.29, 1.82) is 0 Å². The van der Waals surface area contributed by atoms with Crippen LogP contribution >= 0.6 is 0 Å². The van der Waals surface area contributed by atoms with Crippen LogP contribution in [0.4, 0.5) is 0 Å². The van der Waals surface area contributed by atoms with Crippen molar-refractivity contribution in [3.05, 3.63) is 53.7 Å². The molecule has 3 nitrogen and oxygen atoms in total. The van der Waals surface area contributed by atoms with E-state index in [-0.39, 0.29) is 5.91 Å². The summed E-state index contributed by atoms with van der Waals surface area (Å²) >= 11 is 0. The summed E-state index contributed by atoms with van der Waals surface area (Å²) in [5, 5.41) is 2.76. The van der Waals surface area contributed by atoms with Gasteiger partial charge in [-0.05, 0) is 23.6 Å². The van der Waals surface area contributed by atoms with Gasteiger partial charge in [-0.3, -0.25) is 9.78 Å². The van der Waals surface area contributed by atoms with E-state index in [2.05, 4.69) is 29.4 Å². The minimum Gasteiger partial charge on any atom is -0.352 e. The average molecular weight is 254 g/mol. The minimum absolute atomic E-state index is 0.0274. The van der Waals surface area contributed by atoms with Gasteiger partial charge in [0.25, 0.3) is 0 Å². The molecule has 1 aromatic carbocycles. The maximum atomic E-state index is 10.9. The Morgan fingerprint density at radius 2 is 2.00 bits per heavy atom. The highest BCUT2D eigenvalue weighted by Gasteiger charge is 2.04. The van der Waals surface area contributed by atoms with Gasteiger partial charge in [0.1, 0.15) is 0 Å². The number of rotatable bonds is 4. The number of aryl methyl sites for hydroxylation is 1. The second kappa shape index (κ2) is 6.14. The Morgan fingerprint density at radius 3 is 2.63 bits per heavy atom. The first-order chi connectivity index (χ1) is 9.20. The Balaban J connectivity index is 2.20. The Labute approximate surface area is 113 Å². The normalized spacial score (nSPS) is 10.2. The maximum absolute atomic E-state index is 10.9. The van der Waals surface area contributed by atoms with Crippen molar-refractivity contribution in [1.82, 2.24) is 10.3 Å². The molecule has 98 valence electrons. The predicted octanol–water partition coefficient (Wildman–Crippen LogP) is 2.95. The Morgan fingerprint density at radius 1 is 1.21 bits per heavy atom. The molecule has 1 heterocycles. The first kappa shape index (κ1) is 13.3. The van der Waals surface area contributed by atoms with Crippen LogP contribution in [-0.2, 0) is 17.8 Å². The Hall–Kier alpha value is -2.16. The summed E-state index contributed by atoms with van der Waals surface area (Å²) in [6, 6.07) is 12.3. The summed E-state index contributed by atoms with van der Waals surface area (Å²) in [5.74, 6) is -0.0274. The van der Waals surface area contributed by atoms with Gasteiger partial charge < -0.3 is 5.32 Å². The summed E-state index contributed by atoms with van der Waals surface area (Å²) < 4.78 is 0. The highest BCUT2D eigenvalue weighted by molar-refractivity contribution is 5.72. The average Bonchev–Trinajstić information content (AvgIpc) is 2.45. The van der Waals surface area contributed by atoms with Crippen LogP contribution in [0.25, 0.3) is 11.3 Å². The maximum Gasteiger partial charge on any atom is 0.217 e. The molecule has 0 radical (unpaired) electrons. The van der Waals surface area contributed by atoms with Crippen LogP contribution in [0.2, 0.25) is 0 Å². The lowest BCUT2D eigenvalue weighted by molar-refractivity contribution is -0.119. The van der Waals surface area contributed by atoms with Crippen molar-refractivity contribution >= 4 is 5.91 Å². The van der Waals surface area contributed by atoms with Crippen LogP contribution in [0.15, 0.2) is 42.6 Å². The van der Waals surface area contributed by atoms with Gasteiger partial charge >= 0.3 is 0 Å². The zero-order chi connectivity index (χ0) is 13.7. The van der Waals surface area contributed by atoms with Crippen molar-refractivity contribution in [2.45, 2.75) is 26.8 Å². The lowest BCUT2D eigenvalue weighted by Crippen LogP contribution is -2.18. The summed E-state index contributed by atoms with van der Waals surface area (Å²) in [5.41, 5.74) is 4.46. The van der Waals surface area contributed by atoms with E-state index in [0.717, 1.165) is 17.7 Å².